The molecule has 2 amide bonds. The Kier molecular flexibility index (Phi) is 5.24. The lowest BCUT2D eigenvalue weighted by molar-refractivity contribution is -0.126. The van der Waals surface area contributed by atoms with Crippen LogP contribution in [0.5, 0.6) is 0 Å². The number of carbonyl (C=O) groups is 2. The predicted molar refractivity (Wildman–Crippen MR) is 125 cm³/mol. The van der Waals surface area contributed by atoms with Gasteiger partial charge in [0.05, 0.1) is 17.4 Å². The van der Waals surface area contributed by atoms with E-state index in [1.54, 1.807) is 23.3 Å². The number of nitrogens with zero attached hydrogens (tertiary/aromatic N) is 2. The highest BCUT2D eigenvalue weighted by Gasteiger charge is 2.60. The van der Waals surface area contributed by atoms with Gasteiger partial charge in [-0.15, -0.1) is 0 Å². The minimum Gasteiger partial charge on any atom is -0.273 e. The smallest absolute Gasteiger partial charge is 0.266 e. The molecule has 0 spiro atoms. The van der Waals surface area contributed by atoms with E-state index in [0.717, 1.165) is 17.7 Å². The van der Waals surface area contributed by atoms with E-state index < -0.39 is 18.1 Å². The molecule has 2 heterocycles. The van der Waals surface area contributed by atoms with Gasteiger partial charge >= 0.3 is 0 Å². The van der Waals surface area contributed by atoms with Crippen LogP contribution in [-0.4, -0.2) is 17.9 Å². The average molecular weight is 447 g/mol. The zero-order valence-corrected chi connectivity index (χ0v) is 18.6. The summed E-state index contributed by atoms with van der Waals surface area (Å²) in [5.74, 6) is -1.29. The van der Waals surface area contributed by atoms with Crippen molar-refractivity contribution in [2.24, 2.45) is 5.92 Å². The Morgan fingerprint density at radius 2 is 1.62 bits per heavy atom. The number of halogens is 1. The van der Waals surface area contributed by atoms with Crippen LogP contribution < -0.4 is 9.96 Å². The maximum absolute atomic E-state index is 13.7. The molecule has 0 unspecified atom stereocenters. The first-order valence-corrected chi connectivity index (χ1v) is 11.1. The number of aryl methyl sites for hydroxylation is 1. The Morgan fingerprint density at radius 1 is 0.906 bits per heavy atom. The molecule has 0 bridgehead atoms. The molecule has 5 rings (SSSR count). The molecule has 6 heteroatoms. The van der Waals surface area contributed by atoms with Crippen molar-refractivity contribution in [2.75, 3.05) is 9.96 Å². The molecule has 2 aliphatic rings. The number of anilines is 2. The number of imide groups is 1. The number of rotatable bonds is 4. The topological polar surface area (TPSA) is 49.9 Å². The summed E-state index contributed by atoms with van der Waals surface area (Å²) < 4.78 is 0. The average Bonchev–Trinajstić information content (AvgIpc) is 3.33. The molecule has 2 fully saturated rings. The van der Waals surface area contributed by atoms with Gasteiger partial charge in [-0.25, -0.2) is 9.96 Å². The van der Waals surface area contributed by atoms with Gasteiger partial charge in [0.25, 0.3) is 5.91 Å². The second-order valence-electron chi connectivity index (χ2n) is 8.15. The molecule has 3 aromatic rings. The number of hydrogen-bond acceptors (Lipinski definition) is 4. The molecule has 0 radical (unpaired) electrons. The summed E-state index contributed by atoms with van der Waals surface area (Å²) >= 11 is 6.28. The van der Waals surface area contributed by atoms with Crippen molar-refractivity contribution in [1.29, 1.82) is 0 Å². The molecule has 32 heavy (non-hydrogen) atoms. The number of amides is 2. The normalized spacial score (nSPS) is 22.5. The maximum Gasteiger partial charge on any atom is 0.266 e. The fourth-order valence-electron chi connectivity index (χ4n) is 4.58. The molecular formula is C26H23ClN2O3. The highest BCUT2D eigenvalue weighted by Crippen LogP contribution is 2.48. The number of hydroxylamine groups is 1. The lowest BCUT2D eigenvalue weighted by Crippen LogP contribution is -2.37. The van der Waals surface area contributed by atoms with Gasteiger partial charge in [0, 0.05) is 5.02 Å². The third-order valence-corrected chi connectivity index (χ3v) is 6.75. The number of benzene rings is 3. The van der Waals surface area contributed by atoms with Crippen LogP contribution in [0.4, 0.5) is 11.4 Å². The van der Waals surface area contributed by atoms with Gasteiger partial charge in [0.15, 0.2) is 6.10 Å². The van der Waals surface area contributed by atoms with E-state index >= 15 is 0 Å². The summed E-state index contributed by atoms with van der Waals surface area (Å²) in [7, 11) is 0. The fraction of sp³-hybridized carbons (Fsp3) is 0.231. The second-order valence-corrected chi connectivity index (χ2v) is 8.56. The first-order valence-electron chi connectivity index (χ1n) is 10.7. The van der Waals surface area contributed by atoms with Crippen LogP contribution in [0.2, 0.25) is 5.02 Å². The molecule has 0 aliphatic carbocycles. The standard InChI is InChI=1S/C26H23ClN2O3/c1-3-17-12-14-18(15-13-17)23-22-24(32-29(23)19-8-5-4-6-9-19)26(31)28(25(22)30)21-11-7-10-20(27)16(21)2/h4-15,22-24H,3H2,1-2H3/t22-,23+,24-/m0/s1. The summed E-state index contributed by atoms with van der Waals surface area (Å²) in [5.41, 5.74) is 4.15. The number of fused-ring (bicyclic) bond motifs is 1. The van der Waals surface area contributed by atoms with Crippen LogP contribution >= 0.6 is 11.6 Å². The monoisotopic (exact) mass is 446 g/mol. The van der Waals surface area contributed by atoms with E-state index in [9.17, 15) is 9.59 Å². The zero-order valence-electron chi connectivity index (χ0n) is 17.9. The molecule has 0 aromatic heterocycles. The van der Waals surface area contributed by atoms with Crippen LogP contribution in [0.25, 0.3) is 0 Å². The summed E-state index contributed by atoms with van der Waals surface area (Å²) in [6, 6.07) is 22.6. The Balaban J connectivity index is 1.59. The van der Waals surface area contributed by atoms with Crippen LogP contribution in [0.1, 0.15) is 29.7 Å². The maximum atomic E-state index is 13.7. The van der Waals surface area contributed by atoms with Crippen molar-refractivity contribution in [3.05, 3.63) is 94.5 Å². The van der Waals surface area contributed by atoms with Gasteiger partial charge in [0.1, 0.15) is 5.92 Å². The molecule has 162 valence electrons. The Morgan fingerprint density at radius 3 is 2.31 bits per heavy atom. The molecule has 0 saturated carbocycles. The summed E-state index contributed by atoms with van der Waals surface area (Å²) in [6.07, 6.45) is 0.0340. The highest BCUT2D eigenvalue weighted by atomic mass is 35.5. The van der Waals surface area contributed by atoms with Crippen molar-refractivity contribution < 1.29 is 14.4 Å². The van der Waals surface area contributed by atoms with Gasteiger partial charge in [-0.3, -0.25) is 14.4 Å². The van der Waals surface area contributed by atoms with E-state index in [-0.39, 0.29) is 11.8 Å². The van der Waals surface area contributed by atoms with Gasteiger partial charge in [-0.1, -0.05) is 67.1 Å². The predicted octanol–water partition coefficient (Wildman–Crippen LogP) is 5.26. The molecule has 0 N–H and O–H groups in total. The van der Waals surface area contributed by atoms with Crippen molar-refractivity contribution >= 4 is 34.8 Å². The van der Waals surface area contributed by atoms with Crippen molar-refractivity contribution in [2.45, 2.75) is 32.4 Å². The first kappa shape index (κ1) is 20.7. The molecule has 5 nitrogen and oxygen atoms in total. The van der Waals surface area contributed by atoms with Crippen molar-refractivity contribution in [3.8, 4) is 0 Å². The molecule has 2 aliphatic heterocycles. The first-order chi connectivity index (χ1) is 15.5. The lowest BCUT2D eigenvalue weighted by Gasteiger charge is -2.29. The van der Waals surface area contributed by atoms with Gasteiger partial charge in [-0.05, 0) is 54.3 Å². The minimum atomic E-state index is -0.892. The number of carbonyl (C=O) groups excluding carboxylic acids is 2. The Bertz CT molecular complexity index is 1180. The molecule has 3 aromatic carbocycles. The summed E-state index contributed by atoms with van der Waals surface area (Å²) in [6.45, 7) is 3.91. The van der Waals surface area contributed by atoms with Crippen molar-refractivity contribution in [3.63, 3.8) is 0 Å². The summed E-state index contributed by atoms with van der Waals surface area (Å²) in [4.78, 5) is 34.6. The third-order valence-electron chi connectivity index (χ3n) is 6.34. The fourth-order valence-corrected chi connectivity index (χ4v) is 4.75. The minimum absolute atomic E-state index is 0.270. The van der Waals surface area contributed by atoms with Crippen LogP contribution in [-0.2, 0) is 20.8 Å². The summed E-state index contributed by atoms with van der Waals surface area (Å²) in [5, 5.41) is 2.23. The van der Waals surface area contributed by atoms with E-state index in [4.69, 9.17) is 16.4 Å². The zero-order chi connectivity index (χ0) is 22.4. The second kappa shape index (κ2) is 8.08. The Hall–Kier alpha value is -3.15. The number of para-hydroxylation sites is 1. The van der Waals surface area contributed by atoms with Gasteiger partial charge in [0.2, 0.25) is 5.91 Å². The largest absolute Gasteiger partial charge is 0.273 e. The Labute approximate surface area is 192 Å². The van der Waals surface area contributed by atoms with Gasteiger partial charge < -0.3 is 0 Å². The third kappa shape index (κ3) is 3.20. The molecular weight excluding hydrogens is 424 g/mol. The van der Waals surface area contributed by atoms with Crippen molar-refractivity contribution in [1.82, 2.24) is 0 Å². The van der Waals surface area contributed by atoms with Crippen LogP contribution in [0.3, 0.4) is 0 Å². The van der Waals surface area contributed by atoms with Crippen LogP contribution in [0.15, 0.2) is 72.8 Å². The number of hydrogen-bond donors (Lipinski definition) is 0. The van der Waals surface area contributed by atoms with E-state index in [1.807, 2.05) is 49.4 Å². The van der Waals surface area contributed by atoms with E-state index in [0.29, 0.717) is 16.3 Å². The highest BCUT2D eigenvalue weighted by molar-refractivity contribution is 6.32. The van der Waals surface area contributed by atoms with Crippen LogP contribution in [0, 0.1) is 12.8 Å². The van der Waals surface area contributed by atoms with E-state index in [2.05, 4.69) is 19.1 Å². The quantitative estimate of drug-likeness (QED) is 0.513. The lowest BCUT2D eigenvalue weighted by atomic mass is 9.90. The molecule has 3 atom stereocenters. The van der Waals surface area contributed by atoms with E-state index in [1.165, 1.54) is 10.5 Å². The molecule has 2 saturated heterocycles. The SMILES string of the molecule is CCc1ccc([C@@H]2[C@@H]3C(=O)N(c4cccc(Cl)c4C)C(=O)[C@H]3ON2c2ccccc2)cc1. The van der Waals surface area contributed by atoms with Gasteiger partial charge in [-0.2, -0.15) is 0 Å².